The first kappa shape index (κ1) is 11.3. The van der Waals surface area contributed by atoms with Gasteiger partial charge >= 0.3 is 0 Å². The number of allylic oxidation sites excluding steroid dienone is 4. The van der Waals surface area contributed by atoms with Crippen LogP contribution in [0.15, 0.2) is 23.9 Å². The molecule has 0 aromatic carbocycles. The van der Waals surface area contributed by atoms with Gasteiger partial charge in [0.05, 0.1) is 6.04 Å². The van der Waals surface area contributed by atoms with Crippen molar-refractivity contribution < 1.29 is 4.79 Å². The van der Waals surface area contributed by atoms with Gasteiger partial charge in [-0.25, -0.2) is 0 Å². The predicted molar refractivity (Wildman–Crippen MR) is 57.8 cm³/mol. The van der Waals surface area contributed by atoms with Crippen molar-refractivity contribution in [1.29, 1.82) is 0 Å². The Hall–Kier alpha value is -0.800. The fraction of sp³-hybridized carbons (Fsp3) is 0.500. The minimum Gasteiger partial charge on any atom is -0.391 e. The quantitative estimate of drug-likeness (QED) is 0.691. The third-order valence-electron chi connectivity index (χ3n) is 2.33. The van der Waals surface area contributed by atoms with Crippen LogP contribution < -0.4 is 11.1 Å². The van der Waals surface area contributed by atoms with Gasteiger partial charge in [-0.3, -0.25) is 4.79 Å². The lowest BCUT2D eigenvalue weighted by molar-refractivity contribution is -0.113. The first-order chi connectivity index (χ1) is 6.63. The second-order valence-electron chi connectivity index (χ2n) is 3.44. The lowest BCUT2D eigenvalue weighted by atomic mass is 9.92. The summed E-state index contributed by atoms with van der Waals surface area (Å²) in [5.74, 6) is 0.306. The summed E-state index contributed by atoms with van der Waals surface area (Å²) in [6, 6.07) is -0.553. The van der Waals surface area contributed by atoms with Gasteiger partial charge in [-0.2, -0.15) is 0 Å². The molecule has 0 aliphatic heterocycles. The van der Waals surface area contributed by atoms with Crippen LogP contribution in [-0.4, -0.2) is 18.3 Å². The van der Waals surface area contributed by atoms with Crippen LogP contribution in [-0.2, 0) is 4.79 Å². The molecule has 0 spiro atoms. The molecule has 0 aromatic heterocycles. The Bertz CT molecular complexity index is 273. The van der Waals surface area contributed by atoms with Gasteiger partial charge in [-0.1, -0.05) is 12.2 Å². The highest BCUT2D eigenvalue weighted by atomic mass is 35.5. The molecule has 3 N–H and O–H groups in total. The molecule has 0 fully saturated rings. The number of nitrogens with two attached hydrogens (primary N) is 1. The molecule has 0 amide bonds. The monoisotopic (exact) mass is 214 g/mol. The predicted octanol–water partition coefficient (Wildman–Crippen LogP) is 1.15. The van der Waals surface area contributed by atoms with Gasteiger partial charge in [0.15, 0.2) is 0 Å². The van der Waals surface area contributed by atoms with Crippen LogP contribution in [0.25, 0.3) is 0 Å². The Balaban J connectivity index is 2.46. The Kier molecular flexibility index (Phi) is 4.17. The van der Waals surface area contributed by atoms with Crippen molar-refractivity contribution >= 4 is 16.8 Å². The maximum atomic E-state index is 10.8. The Morgan fingerprint density at radius 3 is 3.14 bits per heavy atom. The van der Waals surface area contributed by atoms with Crippen molar-refractivity contribution in [3.8, 4) is 0 Å². The van der Waals surface area contributed by atoms with Crippen LogP contribution in [0.4, 0.5) is 0 Å². The van der Waals surface area contributed by atoms with Gasteiger partial charge in [-0.15, -0.1) is 0 Å². The van der Waals surface area contributed by atoms with E-state index in [0.29, 0.717) is 12.3 Å². The van der Waals surface area contributed by atoms with Crippen molar-refractivity contribution in [1.82, 2.24) is 5.32 Å². The molecule has 1 aliphatic rings. The number of rotatable bonds is 4. The van der Waals surface area contributed by atoms with Gasteiger partial charge in [0.25, 0.3) is 0 Å². The van der Waals surface area contributed by atoms with Crippen LogP contribution in [0, 0.1) is 5.92 Å². The third-order valence-corrected chi connectivity index (χ3v) is 2.61. The highest BCUT2D eigenvalue weighted by molar-refractivity contribution is 6.64. The Morgan fingerprint density at radius 2 is 2.57 bits per heavy atom. The second-order valence-corrected chi connectivity index (χ2v) is 3.81. The first-order valence-corrected chi connectivity index (χ1v) is 5.01. The summed E-state index contributed by atoms with van der Waals surface area (Å²) in [6.45, 7) is 0. The van der Waals surface area contributed by atoms with E-state index < -0.39 is 11.3 Å². The van der Waals surface area contributed by atoms with Crippen molar-refractivity contribution in [3.63, 3.8) is 0 Å². The first-order valence-electron chi connectivity index (χ1n) is 4.63. The minimum absolute atomic E-state index is 0.306. The van der Waals surface area contributed by atoms with Gasteiger partial charge in [0.2, 0.25) is 5.24 Å². The fourth-order valence-corrected chi connectivity index (χ4v) is 1.60. The van der Waals surface area contributed by atoms with Gasteiger partial charge in [0, 0.05) is 12.7 Å². The molecule has 4 heteroatoms. The molecule has 0 heterocycles. The molecule has 14 heavy (non-hydrogen) atoms. The van der Waals surface area contributed by atoms with Crippen molar-refractivity contribution in [2.75, 3.05) is 7.05 Å². The topological polar surface area (TPSA) is 55.1 Å². The summed E-state index contributed by atoms with van der Waals surface area (Å²) in [4.78, 5) is 10.8. The number of carbonyl (C=O) groups is 1. The lowest BCUT2D eigenvalue weighted by Gasteiger charge is -2.19. The molecule has 0 unspecified atom stereocenters. The third kappa shape index (κ3) is 3.16. The van der Waals surface area contributed by atoms with E-state index in [1.807, 2.05) is 19.2 Å². The van der Waals surface area contributed by atoms with Crippen LogP contribution in [0.3, 0.4) is 0 Å². The molecule has 1 aliphatic carbocycles. The highest BCUT2D eigenvalue weighted by Crippen LogP contribution is 2.21. The number of hydrogen-bond acceptors (Lipinski definition) is 3. The SMILES string of the molecule is CNC1=CC=C[C@@H](C[C@@H](N)C(=O)Cl)C1. The molecular formula is C10H15ClN2O. The van der Waals surface area contributed by atoms with E-state index >= 15 is 0 Å². The van der Waals surface area contributed by atoms with Crippen LogP contribution in [0.2, 0.25) is 0 Å². The summed E-state index contributed by atoms with van der Waals surface area (Å²) < 4.78 is 0. The highest BCUT2D eigenvalue weighted by Gasteiger charge is 2.18. The van der Waals surface area contributed by atoms with Crippen molar-refractivity contribution in [3.05, 3.63) is 23.9 Å². The molecular weight excluding hydrogens is 200 g/mol. The van der Waals surface area contributed by atoms with E-state index in [1.165, 1.54) is 0 Å². The molecule has 0 saturated carbocycles. The largest absolute Gasteiger partial charge is 0.391 e. The van der Waals surface area contributed by atoms with E-state index in [9.17, 15) is 4.79 Å². The molecule has 3 nitrogen and oxygen atoms in total. The summed E-state index contributed by atoms with van der Waals surface area (Å²) >= 11 is 5.30. The average molecular weight is 215 g/mol. The smallest absolute Gasteiger partial charge is 0.238 e. The molecule has 0 saturated heterocycles. The zero-order valence-corrected chi connectivity index (χ0v) is 8.92. The lowest BCUT2D eigenvalue weighted by Crippen LogP contribution is -2.30. The van der Waals surface area contributed by atoms with Crippen LogP contribution in [0.1, 0.15) is 12.8 Å². The molecule has 1 rings (SSSR count). The standard InChI is InChI=1S/C10H15ClN2O/c1-13-8-4-2-3-7(5-8)6-9(12)10(11)14/h2-4,7,9,13H,5-6,12H2,1H3/t7-,9-/m1/s1. The maximum Gasteiger partial charge on any atom is 0.238 e. The summed E-state index contributed by atoms with van der Waals surface area (Å²) in [5, 5.41) is 2.63. The van der Waals surface area contributed by atoms with Gasteiger partial charge in [0.1, 0.15) is 0 Å². The maximum absolute atomic E-state index is 10.8. The van der Waals surface area contributed by atoms with Crippen molar-refractivity contribution in [2.24, 2.45) is 11.7 Å². The van der Waals surface area contributed by atoms with E-state index in [4.69, 9.17) is 17.3 Å². The number of hydrogen-bond donors (Lipinski definition) is 2. The van der Waals surface area contributed by atoms with E-state index in [-0.39, 0.29) is 0 Å². The minimum atomic E-state index is -0.553. The Labute approximate surface area is 89.0 Å². The molecule has 0 radical (unpaired) electrons. The van der Waals surface area contributed by atoms with Crippen molar-refractivity contribution in [2.45, 2.75) is 18.9 Å². The normalized spacial score (nSPS) is 22.8. The summed E-state index contributed by atoms with van der Waals surface area (Å²) in [6.07, 6.45) is 7.55. The second kappa shape index (κ2) is 5.17. The van der Waals surface area contributed by atoms with E-state index in [1.54, 1.807) is 0 Å². The van der Waals surface area contributed by atoms with Gasteiger partial charge in [-0.05, 0) is 36.4 Å². The average Bonchev–Trinajstić information content (AvgIpc) is 2.18. The number of nitrogens with one attached hydrogen (secondary N) is 1. The molecule has 0 bridgehead atoms. The molecule has 2 atom stereocenters. The van der Waals surface area contributed by atoms with E-state index in [2.05, 4.69) is 11.4 Å². The van der Waals surface area contributed by atoms with Gasteiger partial charge < -0.3 is 11.1 Å². The summed E-state index contributed by atoms with van der Waals surface area (Å²) in [7, 11) is 1.88. The van der Waals surface area contributed by atoms with E-state index in [0.717, 1.165) is 12.1 Å². The zero-order chi connectivity index (χ0) is 10.6. The number of carbonyl (C=O) groups excluding carboxylic acids is 1. The molecule has 0 aromatic rings. The number of halogens is 1. The van der Waals surface area contributed by atoms with Crippen LogP contribution >= 0.6 is 11.6 Å². The fourth-order valence-electron chi connectivity index (χ4n) is 1.51. The Morgan fingerprint density at radius 1 is 1.86 bits per heavy atom. The molecule has 78 valence electrons. The summed E-state index contributed by atoms with van der Waals surface area (Å²) in [5.41, 5.74) is 6.74. The zero-order valence-electron chi connectivity index (χ0n) is 8.16. The van der Waals surface area contributed by atoms with Crippen LogP contribution in [0.5, 0.6) is 0 Å².